The number of aromatic nitrogens is 2. The number of carbonyl (C=O) groups is 2. The van der Waals surface area contributed by atoms with E-state index in [4.69, 9.17) is 4.74 Å². The second kappa shape index (κ2) is 12.1. The molecule has 1 N–H and O–H groups in total. The lowest BCUT2D eigenvalue weighted by molar-refractivity contribution is 0.102. The number of nitrogens with one attached hydrogen (secondary N) is 1. The monoisotopic (exact) mass is 515 g/mol. The lowest BCUT2D eigenvalue weighted by Gasteiger charge is -2.34. The van der Waals surface area contributed by atoms with E-state index in [1.54, 1.807) is 35.5 Å². The van der Waals surface area contributed by atoms with E-state index in [0.29, 0.717) is 29.3 Å². The number of benzene rings is 1. The summed E-state index contributed by atoms with van der Waals surface area (Å²) < 4.78 is 5.58. The van der Waals surface area contributed by atoms with Crippen molar-refractivity contribution in [2.45, 2.75) is 52.5 Å². The van der Waals surface area contributed by atoms with E-state index >= 15 is 0 Å². The molecule has 0 spiro atoms. The van der Waals surface area contributed by atoms with Crippen molar-refractivity contribution in [3.05, 3.63) is 78.2 Å². The van der Waals surface area contributed by atoms with Gasteiger partial charge in [0, 0.05) is 54.5 Å². The topological polar surface area (TPSA) is 87.7 Å². The fourth-order valence-electron chi connectivity index (χ4n) is 4.56. The second-order valence-corrected chi connectivity index (χ2v) is 10.7. The summed E-state index contributed by atoms with van der Waals surface area (Å²) in [6, 6.07) is 16.5. The van der Waals surface area contributed by atoms with Gasteiger partial charge in [-0.1, -0.05) is 13.0 Å². The molecule has 2 aromatic heterocycles. The summed E-state index contributed by atoms with van der Waals surface area (Å²) in [4.78, 5) is 38.8. The van der Waals surface area contributed by atoms with Crippen LogP contribution in [0, 0.1) is 5.92 Å². The number of hydrogen-bond donors (Lipinski definition) is 1. The molecule has 0 radical (unpaired) electrons. The molecular formula is C30H37N5O3. The van der Waals surface area contributed by atoms with Crippen molar-refractivity contribution in [1.29, 1.82) is 0 Å². The molecule has 2 amide bonds. The SMILES string of the molecule is CC1CCN(c2ncccc2C(=O)Nc2ccc(N(C(=O)OCCc3ccccn3)C(C)(C)C)cc2)CC1. The number of nitrogens with zero attached hydrogens (tertiary/aromatic N) is 4. The van der Waals surface area contributed by atoms with Crippen LogP contribution in [0.1, 0.15) is 56.6 Å². The van der Waals surface area contributed by atoms with Crippen molar-refractivity contribution in [3.63, 3.8) is 0 Å². The Bertz CT molecular complexity index is 1220. The number of amides is 2. The number of rotatable bonds is 7. The van der Waals surface area contributed by atoms with Crippen LogP contribution in [0.2, 0.25) is 0 Å². The highest BCUT2D eigenvalue weighted by Crippen LogP contribution is 2.28. The molecule has 8 nitrogen and oxygen atoms in total. The van der Waals surface area contributed by atoms with Gasteiger partial charge in [0.25, 0.3) is 5.91 Å². The molecule has 1 saturated heterocycles. The van der Waals surface area contributed by atoms with Gasteiger partial charge in [-0.05, 0) is 88.1 Å². The third kappa shape index (κ3) is 6.88. The Labute approximate surface area is 225 Å². The number of hydrogen-bond acceptors (Lipinski definition) is 6. The van der Waals surface area contributed by atoms with Crippen LogP contribution in [0.4, 0.5) is 22.0 Å². The van der Waals surface area contributed by atoms with Gasteiger partial charge in [-0.2, -0.15) is 0 Å². The molecule has 3 aromatic rings. The molecule has 4 rings (SSSR count). The number of carbonyl (C=O) groups excluding carboxylic acids is 2. The molecule has 8 heteroatoms. The van der Waals surface area contributed by atoms with Crippen LogP contribution in [0.15, 0.2) is 67.0 Å². The highest BCUT2D eigenvalue weighted by Gasteiger charge is 2.29. The summed E-state index contributed by atoms with van der Waals surface area (Å²) in [7, 11) is 0. The normalized spacial score (nSPS) is 14.2. The van der Waals surface area contributed by atoms with Crippen LogP contribution in [0.5, 0.6) is 0 Å². The third-order valence-corrected chi connectivity index (χ3v) is 6.66. The standard InChI is InChI=1S/C30H37N5O3/c1-22-14-19-34(20-15-22)27-26(9-7-18-32-27)28(36)33-24-10-12-25(13-11-24)35(30(2,3)4)29(37)38-21-16-23-8-5-6-17-31-23/h5-13,17-18,22H,14-16,19-21H2,1-4H3,(H,33,36). The molecule has 0 saturated carbocycles. The summed E-state index contributed by atoms with van der Waals surface area (Å²) >= 11 is 0. The minimum Gasteiger partial charge on any atom is -0.449 e. The molecule has 0 unspecified atom stereocenters. The van der Waals surface area contributed by atoms with Gasteiger partial charge in [0.2, 0.25) is 0 Å². The number of piperidine rings is 1. The van der Waals surface area contributed by atoms with Gasteiger partial charge in [-0.25, -0.2) is 9.78 Å². The quantitative estimate of drug-likeness (QED) is 0.418. The van der Waals surface area contributed by atoms with E-state index in [2.05, 4.69) is 27.1 Å². The fraction of sp³-hybridized carbons (Fsp3) is 0.400. The molecular weight excluding hydrogens is 478 g/mol. The highest BCUT2D eigenvalue weighted by atomic mass is 16.6. The van der Waals surface area contributed by atoms with Crippen LogP contribution < -0.4 is 15.1 Å². The second-order valence-electron chi connectivity index (χ2n) is 10.7. The summed E-state index contributed by atoms with van der Waals surface area (Å²) in [6.45, 7) is 10.1. The van der Waals surface area contributed by atoms with Crippen LogP contribution in [-0.2, 0) is 11.2 Å². The van der Waals surface area contributed by atoms with Crippen molar-refractivity contribution in [2.24, 2.45) is 5.92 Å². The smallest absolute Gasteiger partial charge is 0.414 e. The van der Waals surface area contributed by atoms with E-state index in [0.717, 1.165) is 37.4 Å². The molecule has 3 heterocycles. The first-order chi connectivity index (χ1) is 18.2. The van der Waals surface area contributed by atoms with Crippen LogP contribution in [0.25, 0.3) is 0 Å². The Kier molecular flexibility index (Phi) is 8.61. The van der Waals surface area contributed by atoms with Crippen molar-refractivity contribution in [1.82, 2.24) is 9.97 Å². The van der Waals surface area contributed by atoms with Crippen LogP contribution >= 0.6 is 0 Å². The zero-order chi connectivity index (χ0) is 27.1. The van der Waals surface area contributed by atoms with E-state index in [9.17, 15) is 9.59 Å². The number of pyridine rings is 2. The molecule has 0 aliphatic carbocycles. The van der Waals surface area contributed by atoms with Gasteiger partial charge in [0.15, 0.2) is 0 Å². The Morgan fingerprint density at radius 1 is 1.00 bits per heavy atom. The Morgan fingerprint density at radius 2 is 1.71 bits per heavy atom. The van der Waals surface area contributed by atoms with E-state index in [1.165, 1.54) is 0 Å². The molecule has 38 heavy (non-hydrogen) atoms. The van der Waals surface area contributed by atoms with Gasteiger partial charge in [-0.3, -0.25) is 14.7 Å². The number of anilines is 3. The average Bonchev–Trinajstić information content (AvgIpc) is 2.90. The lowest BCUT2D eigenvalue weighted by atomic mass is 9.99. The van der Waals surface area contributed by atoms with E-state index < -0.39 is 11.6 Å². The Morgan fingerprint density at radius 3 is 2.37 bits per heavy atom. The average molecular weight is 516 g/mol. The number of ether oxygens (including phenoxy) is 1. The van der Waals surface area contributed by atoms with E-state index in [-0.39, 0.29) is 12.5 Å². The molecule has 1 aromatic carbocycles. The molecule has 1 aliphatic rings. The predicted molar refractivity (Wildman–Crippen MR) is 151 cm³/mol. The van der Waals surface area contributed by atoms with Crippen LogP contribution in [0.3, 0.4) is 0 Å². The molecule has 1 aliphatic heterocycles. The van der Waals surface area contributed by atoms with Gasteiger partial charge in [-0.15, -0.1) is 0 Å². The summed E-state index contributed by atoms with van der Waals surface area (Å²) in [5.74, 6) is 1.21. The van der Waals surface area contributed by atoms with Crippen molar-refractivity contribution in [3.8, 4) is 0 Å². The molecule has 0 bridgehead atoms. The Balaban J connectivity index is 1.42. The first kappa shape index (κ1) is 27.1. The lowest BCUT2D eigenvalue weighted by Crippen LogP contribution is -2.46. The molecule has 1 fully saturated rings. The minimum atomic E-state index is -0.511. The largest absolute Gasteiger partial charge is 0.449 e. The van der Waals surface area contributed by atoms with Gasteiger partial charge in [0.05, 0.1) is 12.2 Å². The molecule has 200 valence electrons. The first-order valence-electron chi connectivity index (χ1n) is 13.2. The van der Waals surface area contributed by atoms with Crippen LogP contribution in [-0.4, -0.2) is 47.2 Å². The first-order valence-corrected chi connectivity index (χ1v) is 13.2. The maximum Gasteiger partial charge on any atom is 0.414 e. The maximum atomic E-state index is 13.2. The van der Waals surface area contributed by atoms with Gasteiger partial charge >= 0.3 is 6.09 Å². The van der Waals surface area contributed by atoms with Gasteiger partial charge < -0.3 is 15.0 Å². The van der Waals surface area contributed by atoms with Gasteiger partial charge in [0.1, 0.15) is 5.82 Å². The predicted octanol–water partition coefficient (Wildman–Crippen LogP) is 5.95. The third-order valence-electron chi connectivity index (χ3n) is 6.66. The fourth-order valence-corrected chi connectivity index (χ4v) is 4.56. The minimum absolute atomic E-state index is 0.207. The summed E-state index contributed by atoms with van der Waals surface area (Å²) in [5, 5.41) is 2.99. The zero-order valence-corrected chi connectivity index (χ0v) is 22.7. The maximum absolute atomic E-state index is 13.2. The summed E-state index contributed by atoms with van der Waals surface area (Å²) in [5.41, 5.74) is 2.23. The van der Waals surface area contributed by atoms with E-state index in [1.807, 2.05) is 57.2 Å². The van der Waals surface area contributed by atoms with Crippen molar-refractivity contribution < 1.29 is 14.3 Å². The van der Waals surface area contributed by atoms with Crippen molar-refractivity contribution in [2.75, 3.05) is 34.8 Å². The highest BCUT2D eigenvalue weighted by molar-refractivity contribution is 6.07. The summed E-state index contributed by atoms with van der Waals surface area (Å²) in [6.07, 6.45) is 5.75. The van der Waals surface area contributed by atoms with Crippen molar-refractivity contribution >= 4 is 29.2 Å². The molecule has 0 atom stereocenters. The zero-order valence-electron chi connectivity index (χ0n) is 22.7. The Hall–Kier alpha value is -3.94.